The van der Waals surface area contributed by atoms with Crippen LogP contribution >= 0.6 is 24.0 Å². The van der Waals surface area contributed by atoms with Crippen LogP contribution in [0.4, 0.5) is 0 Å². The van der Waals surface area contributed by atoms with E-state index in [0.29, 0.717) is 5.02 Å². The molecule has 0 heterocycles. The van der Waals surface area contributed by atoms with Crippen LogP contribution in [-0.2, 0) is 4.84 Å². The summed E-state index contributed by atoms with van der Waals surface area (Å²) in [7, 11) is 1.46. The minimum absolute atomic E-state index is 0. The second-order valence-corrected chi connectivity index (χ2v) is 2.54. The van der Waals surface area contributed by atoms with E-state index in [1.165, 1.54) is 19.4 Å². The number of hydrogen-bond acceptors (Lipinski definition) is 3. The molecule has 0 aliphatic carbocycles. The van der Waals surface area contributed by atoms with Gasteiger partial charge in [0.2, 0.25) is 0 Å². The number of phenols is 1. The molecule has 0 saturated heterocycles. The Balaban J connectivity index is 0.00000144. The zero-order chi connectivity index (χ0) is 8.97. The van der Waals surface area contributed by atoms with E-state index in [9.17, 15) is 0 Å². The van der Waals surface area contributed by atoms with Crippen LogP contribution in [-0.4, -0.2) is 18.4 Å². The molecular formula is C8H9Cl2NO2. The van der Waals surface area contributed by atoms with Gasteiger partial charge in [0.1, 0.15) is 12.9 Å². The van der Waals surface area contributed by atoms with Crippen molar-refractivity contribution in [2.24, 2.45) is 5.16 Å². The zero-order valence-corrected chi connectivity index (χ0v) is 8.47. The number of halogens is 2. The van der Waals surface area contributed by atoms with Gasteiger partial charge in [-0.25, -0.2) is 0 Å². The van der Waals surface area contributed by atoms with E-state index in [1.807, 2.05) is 0 Å². The van der Waals surface area contributed by atoms with E-state index in [-0.39, 0.29) is 18.2 Å². The van der Waals surface area contributed by atoms with Crippen molar-refractivity contribution in [1.29, 1.82) is 0 Å². The van der Waals surface area contributed by atoms with Crippen LogP contribution in [0.5, 0.6) is 5.75 Å². The Labute approximate surface area is 87.4 Å². The van der Waals surface area contributed by atoms with Gasteiger partial charge >= 0.3 is 0 Å². The van der Waals surface area contributed by atoms with E-state index in [2.05, 4.69) is 9.99 Å². The molecule has 0 spiro atoms. The van der Waals surface area contributed by atoms with Gasteiger partial charge in [0.25, 0.3) is 0 Å². The van der Waals surface area contributed by atoms with E-state index in [0.717, 1.165) is 5.56 Å². The lowest BCUT2D eigenvalue weighted by Crippen LogP contribution is -1.81. The number of benzene rings is 1. The molecule has 0 amide bonds. The van der Waals surface area contributed by atoms with Crippen molar-refractivity contribution in [2.45, 2.75) is 0 Å². The van der Waals surface area contributed by atoms with Gasteiger partial charge in [-0.3, -0.25) is 0 Å². The van der Waals surface area contributed by atoms with E-state index >= 15 is 0 Å². The summed E-state index contributed by atoms with van der Waals surface area (Å²) in [5.74, 6) is 0.0613. The maximum absolute atomic E-state index is 9.06. The average Bonchev–Trinajstić information content (AvgIpc) is 2.07. The maximum atomic E-state index is 9.06. The summed E-state index contributed by atoms with van der Waals surface area (Å²) in [5.41, 5.74) is 0.777. The van der Waals surface area contributed by atoms with Crippen LogP contribution in [0.1, 0.15) is 5.56 Å². The average molecular weight is 222 g/mol. The topological polar surface area (TPSA) is 41.8 Å². The van der Waals surface area contributed by atoms with Crippen LogP contribution in [0.25, 0.3) is 0 Å². The highest BCUT2D eigenvalue weighted by Gasteiger charge is 1.97. The third-order valence-corrected chi connectivity index (χ3v) is 1.58. The Hall–Kier alpha value is -0.930. The highest BCUT2D eigenvalue weighted by Crippen LogP contribution is 2.22. The minimum Gasteiger partial charge on any atom is -0.506 e. The molecule has 0 fully saturated rings. The molecule has 13 heavy (non-hydrogen) atoms. The molecule has 1 aromatic carbocycles. The molecule has 0 radical (unpaired) electrons. The fraction of sp³-hybridized carbons (Fsp3) is 0.125. The fourth-order valence-electron chi connectivity index (χ4n) is 0.717. The summed E-state index contributed by atoms with van der Waals surface area (Å²) in [5, 5.41) is 12.9. The maximum Gasteiger partial charge on any atom is 0.134 e. The van der Waals surface area contributed by atoms with Crippen LogP contribution in [0, 0.1) is 0 Å². The fourth-order valence-corrected chi connectivity index (χ4v) is 0.906. The Morgan fingerprint density at radius 1 is 1.54 bits per heavy atom. The normalized spacial score (nSPS) is 9.69. The van der Waals surface area contributed by atoms with Crippen LogP contribution in [0.2, 0.25) is 5.02 Å². The SMILES string of the molecule is CO/N=C/c1ccc(O)c(Cl)c1.Cl. The smallest absolute Gasteiger partial charge is 0.134 e. The molecule has 0 bridgehead atoms. The van der Waals surface area contributed by atoms with Crippen molar-refractivity contribution in [3.05, 3.63) is 28.8 Å². The first-order valence-corrected chi connectivity index (χ1v) is 3.67. The van der Waals surface area contributed by atoms with Gasteiger partial charge in [0.05, 0.1) is 11.2 Å². The van der Waals surface area contributed by atoms with E-state index < -0.39 is 0 Å². The second-order valence-electron chi connectivity index (χ2n) is 2.13. The number of rotatable bonds is 2. The molecule has 0 saturated carbocycles. The summed E-state index contributed by atoms with van der Waals surface area (Å²) >= 11 is 5.64. The molecule has 0 aliphatic heterocycles. The van der Waals surface area contributed by atoms with Gasteiger partial charge in [-0.2, -0.15) is 0 Å². The Kier molecular flexibility index (Phi) is 5.26. The Morgan fingerprint density at radius 2 is 2.23 bits per heavy atom. The molecule has 3 nitrogen and oxygen atoms in total. The number of nitrogens with zero attached hydrogens (tertiary/aromatic N) is 1. The lowest BCUT2D eigenvalue weighted by Gasteiger charge is -1.96. The molecule has 1 rings (SSSR count). The van der Waals surface area contributed by atoms with Crippen molar-refractivity contribution >= 4 is 30.2 Å². The lowest BCUT2D eigenvalue weighted by molar-refractivity contribution is 0.215. The molecule has 0 aromatic heterocycles. The van der Waals surface area contributed by atoms with Crippen LogP contribution in [0.15, 0.2) is 23.4 Å². The predicted molar refractivity (Wildman–Crippen MR) is 55.0 cm³/mol. The van der Waals surface area contributed by atoms with Crippen molar-refractivity contribution in [3.8, 4) is 5.75 Å². The van der Waals surface area contributed by atoms with Gasteiger partial charge in [-0.15, -0.1) is 12.4 Å². The van der Waals surface area contributed by atoms with E-state index in [4.69, 9.17) is 16.7 Å². The van der Waals surface area contributed by atoms with Gasteiger partial charge < -0.3 is 9.94 Å². The minimum atomic E-state index is 0. The molecule has 0 aliphatic rings. The number of aromatic hydroxyl groups is 1. The van der Waals surface area contributed by atoms with Crippen molar-refractivity contribution < 1.29 is 9.94 Å². The third kappa shape index (κ3) is 3.53. The van der Waals surface area contributed by atoms with Crippen molar-refractivity contribution in [1.82, 2.24) is 0 Å². The van der Waals surface area contributed by atoms with Crippen molar-refractivity contribution in [3.63, 3.8) is 0 Å². The predicted octanol–water partition coefficient (Wildman–Crippen LogP) is 2.45. The highest BCUT2D eigenvalue weighted by atomic mass is 35.5. The highest BCUT2D eigenvalue weighted by molar-refractivity contribution is 6.32. The van der Waals surface area contributed by atoms with Crippen LogP contribution in [0.3, 0.4) is 0 Å². The first kappa shape index (κ1) is 12.1. The number of oxime groups is 1. The summed E-state index contributed by atoms with van der Waals surface area (Å²) < 4.78 is 0. The lowest BCUT2D eigenvalue weighted by atomic mass is 10.2. The molecule has 72 valence electrons. The first-order chi connectivity index (χ1) is 5.74. The van der Waals surface area contributed by atoms with Gasteiger partial charge in [-0.05, 0) is 23.8 Å². The summed E-state index contributed by atoms with van der Waals surface area (Å²) in [6.07, 6.45) is 1.51. The Morgan fingerprint density at radius 3 is 2.77 bits per heavy atom. The molecular weight excluding hydrogens is 213 g/mol. The van der Waals surface area contributed by atoms with Crippen molar-refractivity contribution in [2.75, 3.05) is 7.11 Å². The molecule has 5 heteroatoms. The molecule has 1 aromatic rings. The number of phenolic OH excluding ortho intramolecular Hbond substituents is 1. The van der Waals surface area contributed by atoms with E-state index in [1.54, 1.807) is 12.1 Å². The quantitative estimate of drug-likeness (QED) is 0.616. The first-order valence-electron chi connectivity index (χ1n) is 3.29. The molecule has 1 N–H and O–H groups in total. The summed E-state index contributed by atoms with van der Waals surface area (Å²) in [6.45, 7) is 0. The summed E-state index contributed by atoms with van der Waals surface area (Å²) in [6, 6.07) is 4.78. The summed E-state index contributed by atoms with van der Waals surface area (Å²) in [4.78, 5) is 4.48. The molecule has 0 atom stereocenters. The zero-order valence-electron chi connectivity index (χ0n) is 6.90. The largest absolute Gasteiger partial charge is 0.506 e. The Bertz CT molecular complexity index is 302. The van der Waals surface area contributed by atoms with Crippen LogP contribution < -0.4 is 0 Å². The second kappa shape index (κ2) is 5.67. The third-order valence-electron chi connectivity index (χ3n) is 1.28. The van der Waals surface area contributed by atoms with Gasteiger partial charge in [0, 0.05) is 0 Å². The van der Waals surface area contributed by atoms with Gasteiger partial charge in [-0.1, -0.05) is 16.8 Å². The number of hydrogen-bond donors (Lipinski definition) is 1. The standard InChI is InChI=1S/C8H8ClNO2.ClH/c1-12-10-5-6-2-3-8(11)7(9)4-6;/h2-5,11H,1H3;1H/b10-5+;. The van der Waals surface area contributed by atoms with Gasteiger partial charge in [0.15, 0.2) is 0 Å². The monoisotopic (exact) mass is 221 g/mol. The molecule has 0 unspecified atom stereocenters.